The molecule has 2 fully saturated rings. The second-order valence-corrected chi connectivity index (χ2v) is 4.67. The minimum absolute atomic E-state index is 0.00227. The van der Waals surface area contributed by atoms with Crippen molar-refractivity contribution in [2.24, 2.45) is 0 Å². The van der Waals surface area contributed by atoms with Crippen molar-refractivity contribution in [3.8, 4) is 0 Å². The molecule has 17 heavy (non-hydrogen) atoms. The second-order valence-electron chi connectivity index (χ2n) is 4.67. The van der Waals surface area contributed by atoms with Gasteiger partial charge >= 0.3 is 0 Å². The number of hydrogen-bond acceptors (Lipinski definition) is 4. The fourth-order valence-electron chi connectivity index (χ4n) is 2.67. The van der Waals surface area contributed by atoms with Gasteiger partial charge < -0.3 is 4.90 Å². The molecular formula is C12H21N3O2. The Hall–Kier alpha value is -0.940. The van der Waals surface area contributed by atoms with Crippen LogP contribution in [0.3, 0.4) is 0 Å². The molecule has 96 valence electrons. The molecular weight excluding hydrogens is 218 g/mol. The van der Waals surface area contributed by atoms with Gasteiger partial charge in [-0.3, -0.25) is 19.4 Å². The van der Waals surface area contributed by atoms with E-state index in [0.717, 1.165) is 32.7 Å². The van der Waals surface area contributed by atoms with Crippen LogP contribution in [0.4, 0.5) is 0 Å². The summed E-state index contributed by atoms with van der Waals surface area (Å²) in [5.41, 5.74) is 0. The molecule has 5 heteroatoms. The molecule has 0 radical (unpaired) electrons. The van der Waals surface area contributed by atoms with Gasteiger partial charge in [0, 0.05) is 32.7 Å². The average molecular weight is 239 g/mol. The van der Waals surface area contributed by atoms with E-state index in [0.29, 0.717) is 13.0 Å². The number of carbonyl (C=O) groups excluding carboxylic acids is 2. The number of nitrogens with zero attached hydrogens (tertiary/aromatic N) is 3. The lowest BCUT2D eigenvalue weighted by atomic mass is 10.2. The van der Waals surface area contributed by atoms with Gasteiger partial charge in [-0.2, -0.15) is 0 Å². The Bertz CT molecular complexity index is 311. The first-order valence-electron chi connectivity index (χ1n) is 6.48. The fourth-order valence-corrected chi connectivity index (χ4v) is 2.67. The zero-order valence-corrected chi connectivity index (χ0v) is 10.7. The molecule has 2 rings (SSSR count). The van der Waals surface area contributed by atoms with Crippen molar-refractivity contribution < 1.29 is 9.59 Å². The molecule has 5 nitrogen and oxygen atoms in total. The van der Waals surface area contributed by atoms with Gasteiger partial charge in [-0.05, 0) is 13.5 Å². The first-order chi connectivity index (χ1) is 8.17. The van der Waals surface area contributed by atoms with E-state index in [1.165, 1.54) is 4.90 Å². The van der Waals surface area contributed by atoms with Crippen LogP contribution < -0.4 is 0 Å². The van der Waals surface area contributed by atoms with Crippen LogP contribution in [-0.4, -0.2) is 71.8 Å². The van der Waals surface area contributed by atoms with Crippen molar-refractivity contribution in [1.29, 1.82) is 0 Å². The molecule has 0 aliphatic carbocycles. The Labute approximate surface area is 102 Å². The maximum atomic E-state index is 12.0. The molecule has 0 N–H and O–H groups in total. The number of likely N-dealkylation sites (tertiary alicyclic amines) is 1. The fraction of sp³-hybridized carbons (Fsp3) is 0.833. The van der Waals surface area contributed by atoms with Gasteiger partial charge in [0.2, 0.25) is 11.8 Å². The van der Waals surface area contributed by atoms with Crippen LogP contribution >= 0.6 is 0 Å². The van der Waals surface area contributed by atoms with Gasteiger partial charge in [0.1, 0.15) is 0 Å². The third-order valence-corrected chi connectivity index (χ3v) is 3.83. The number of imide groups is 1. The summed E-state index contributed by atoms with van der Waals surface area (Å²) < 4.78 is 0. The van der Waals surface area contributed by atoms with Crippen LogP contribution in [0.1, 0.15) is 20.3 Å². The van der Waals surface area contributed by atoms with Crippen LogP contribution in [-0.2, 0) is 9.59 Å². The Morgan fingerprint density at radius 1 is 1.06 bits per heavy atom. The van der Waals surface area contributed by atoms with Crippen molar-refractivity contribution >= 4 is 11.8 Å². The molecule has 2 aliphatic rings. The highest BCUT2D eigenvalue weighted by molar-refractivity contribution is 6.05. The Morgan fingerprint density at radius 3 is 2.18 bits per heavy atom. The third-order valence-electron chi connectivity index (χ3n) is 3.83. The monoisotopic (exact) mass is 239 g/mol. The van der Waals surface area contributed by atoms with E-state index in [-0.39, 0.29) is 17.9 Å². The van der Waals surface area contributed by atoms with Crippen molar-refractivity contribution in [1.82, 2.24) is 14.7 Å². The number of hydrogen-bond donors (Lipinski definition) is 0. The standard InChI is InChI=1S/C12H21N3O2/c1-3-13-5-7-14(8-6-13)10-9-11(16)15(4-2)12(10)17/h10H,3-9H2,1-2H3/t10-/m0/s1. The van der Waals surface area contributed by atoms with Crippen LogP contribution in [0, 0.1) is 0 Å². The van der Waals surface area contributed by atoms with Crippen LogP contribution in [0.2, 0.25) is 0 Å². The minimum Gasteiger partial charge on any atom is -0.301 e. The van der Waals surface area contributed by atoms with Gasteiger partial charge in [0.15, 0.2) is 0 Å². The summed E-state index contributed by atoms with van der Waals surface area (Å²) in [6, 6.07) is -0.193. The van der Waals surface area contributed by atoms with E-state index in [4.69, 9.17) is 0 Å². The maximum Gasteiger partial charge on any atom is 0.247 e. The molecule has 0 saturated carbocycles. The molecule has 0 aromatic rings. The zero-order valence-electron chi connectivity index (χ0n) is 10.7. The number of piperazine rings is 1. The molecule has 2 saturated heterocycles. The molecule has 0 aromatic carbocycles. The number of amides is 2. The Kier molecular flexibility index (Phi) is 3.79. The molecule has 0 spiro atoms. The number of likely N-dealkylation sites (N-methyl/N-ethyl adjacent to an activating group) is 2. The normalized spacial score (nSPS) is 28.1. The van der Waals surface area contributed by atoms with Gasteiger partial charge in [-0.1, -0.05) is 6.92 Å². The Balaban J connectivity index is 1.96. The van der Waals surface area contributed by atoms with Gasteiger partial charge in [0.05, 0.1) is 12.5 Å². The minimum atomic E-state index is -0.193. The topological polar surface area (TPSA) is 43.9 Å². The summed E-state index contributed by atoms with van der Waals surface area (Å²) >= 11 is 0. The number of carbonyl (C=O) groups is 2. The zero-order chi connectivity index (χ0) is 12.4. The molecule has 0 bridgehead atoms. The highest BCUT2D eigenvalue weighted by atomic mass is 16.2. The van der Waals surface area contributed by atoms with Crippen LogP contribution in [0.15, 0.2) is 0 Å². The lowest BCUT2D eigenvalue weighted by Crippen LogP contribution is -2.52. The van der Waals surface area contributed by atoms with E-state index in [1.807, 2.05) is 6.92 Å². The summed E-state index contributed by atoms with van der Waals surface area (Å²) in [6.45, 7) is 9.37. The molecule has 2 heterocycles. The van der Waals surface area contributed by atoms with E-state index >= 15 is 0 Å². The smallest absolute Gasteiger partial charge is 0.247 e. The molecule has 2 aliphatic heterocycles. The highest BCUT2D eigenvalue weighted by Gasteiger charge is 2.41. The van der Waals surface area contributed by atoms with Crippen molar-refractivity contribution in [3.05, 3.63) is 0 Å². The summed E-state index contributed by atoms with van der Waals surface area (Å²) in [7, 11) is 0. The predicted octanol–water partition coefficient (Wildman–Crippen LogP) is -0.229. The predicted molar refractivity (Wildman–Crippen MR) is 64.5 cm³/mol. The molecule has 0 unspecified atom stereocenters. The first kappa shape index (κ1) is 12.5. The average Bonchev–Trinajstić information content (AvgIpc) is 2.64. The van der Waals surface area contributed by atoms with Crippen LogP contribution in [0.5, 0.6) is 0 Å². The van der Waals surface area contributed by atoms with Gasteiger partial charge in [-0.15, -0.1) is 0 Å². The summed E-state index contributed by atoms with van der Waals surface area (Å²) in [4.78, 5) is 29.6. The van der Waals surface area contributed by atoms with Gasteiger partial charge in [-0.25, -0.2) is 0 Å². The summed E-state index contributed by atoms with van der Waals surface area (Å²) in [5, 5.41) is 0. The largest absolute Gasteiger partial charge is 0.301 e. The summed E-state index contributed by atoms with van der Waals surface area (Å²) in [6.07, 6.45) is 0.374. The third kappa shape index (κ3) is 2.35. The quantitative estimate of drug-likeness (QED) is 0.638. The lowest BCUT2D eigenvalue weighted by Gasteiger charge is -2.36. The first-order valence-corrected chi connectivity index (χ1v) is 6.48. The second kappa shape index (κ2) is 5.14. The van der Waals surface area contributed by atoms with E-state index in [9.17, 15) is 9.59 Å². The van der Waals surface area contributed by atoms with E-state index in [1.54, 1.807) is 0 Å². The lowest BCUT2D eigenvalue weighted by molar-refractivity contribution is -0.139. The molecule has 0 aromatic heterocycles. The van der Waals surface area contributed by atoms with E-state index < -0.39 is 0 Å². The SMILES string of the molecule is CCN1CCN([C@H]2CC(=O)N(CC)C2=O)CC1. The summed E-state index contributed by atoms with van der Waals surface area (Å²) in [5.74, 6) is -0.0112. The van der Waals surface area contributed by atoms with Crippen molar-refractivity contribution in [2.45, 2.75) is 26.3 Å². The van der Waals surface area contributed by atoms with Crippen molar-refractivity contribution in [3.63, 3.8) is 0 Å². The molecule has 2 amide bonds. The molecule has 1 atom stereocenters. The van der Waals surface area contributed by atoms with E-state index in [2.05, 4.69) is 16.7 Å². The maximum absolute atomic E-state index is 12.0. The van der Waals surface area contributed by atoms with Crippen molar-refractivity contribution in [2.75, 3.05) is 39.3 Å². The van der Waals surface area contributed by atoms with Gasteiger partial charge in [0.25, 0.3) is 0 Å². The Morgan fingerprint density at radius 2 is 1.71 bits per heavy atom. The highest BCUT2D eigenvalue weighted by Crippen LogP contribution is 2.19. The van der Waals surface area contributed by atoms with Crippen LogP contribution in [0.25, 0.3) is 0 Å². The number of rotatable bonds is 3.